The van der Waals surface area contributed by atoms with Crippen LogP contribution in [0.1, 0.15) is 39.4 Å². The molecule has 4 heterocycles. The number of nitrogens with one attached hydrogen (secondary N) is 1. The Morgan fingerprint density at radius 3 is 2.56 bits per heavy atom. The second-order valence-corrected chi connectivity index (χ2v) is 10.6. The minimum absolute atomic E-state index is 0.0913. The molecule has 0 spiro atoms. The highest BCUT2D eigenvalue weighted by Crippen LogP contribution is 2.41. The number of halogens is 5. The lowest BCUT2D eigenvalue weighted by molar-refractivity contribution is -0.136. The summed E-state index contributed by atoms with van der Waals surface area (Å²) in [6, 6.07) is 10.1. The minimum Gasteiger partial charge on any atom is -0.459 e. The summed E-state index contributed by atoms with van der Waals surface area (Å²) in [5.74, 6) is -3.29. The van der Waals surface area contributed by atoms with E-state index >= 15 is 0 Å². The van der Waals surface area contributed by atoms with Crippen molar-refractivity contribution < 1.29 is 36.0 Å². The number of nitrogens with two attached hydrogens (primary N) is 1. The summed E-state index contributed by atoms with van der Waals surface area (Å²) >= 11 is 0.988. The van der Waals surface area contributed by atoms with Crippen LogP contribution in [0.4, 0.5) is 27.8 Å². The molecule has 41 heavy (non-hydrogen) atoms. The van der Waals surface area contributed by atoms with Gasteiger partial charge in [-0.15, -0.1) is 11.3 Å². The zero-order valence-electron chi connectivity index (χ0n) is 21.3. The zero-order chi connectivity index (χ0) is 29.4. The van der Waals surface area contributed by atoms with Crippen molar-refractivity contribution in [2.45, 2.75) is 31.5 Å². The molecule has 5 rings (SSSR count). The van der Waals surface area contributed by atoms with Crippen molar-refractivity contribution in [1.82, 2.24) is 15.2 Å². The first-order valence-corrected chi connectivity index (χ1v) is 13.3. The first-order valence-electron chi connectivity index (χ1n) is 12.5. The molecular formula is C28H23F5N4O3S. The second-order valence-electron chi connectivity index (χ2n) is 9.53. The van der Waals surface area contributed by atoms with Gasteiger partial charge in [0.15, 0.2) is 0 Å². The maximum absolute atomic E-state index is 14.0. The highest BCUT2D eigenvalue weighted by molar-refractivity contribution is 7.17. The van der Waals surface area contributed by atoms with Gasteiger partial charge in [0.1, 0.15) is 17.2 Å². The normalized spacial score (nSPS) is 15.5. The summed E-state index contributed by atoms with van der Waals surface area (Å²) in [5.41, 5.74) is 5.00. The van der Waals surface area contributed by atoms with E-state index in [1.54, 1.807) is 12.1 Å². The molecule has 214 valence electrons. The Morgan fingerprint density at radius 1 is 1.12 bits per heavy atom. The molecule has 1 aromatic carbocycles. The van der Waals surface area contributed by atoms with Crippen LogP contribution in [0.25, 0.3) is 27.5 Å². The number of fused-ring (bicyclic) bond motifs is 1. The van der Waals surface area contributed by atoms with Crippen molar-refractivity contribution in [2.24, 2.45) is 0 Å². The van der Waals surface area contributed by atoms with Gasteiger partial charge in [-0.3, -0.25) is 9.59 Å². The number of anilines is 1. The number of alkyl halides is 5. The Labute approximate surface area is 234 Å². The molecule has 0 atom stereocenters. The SMILES string of the molecule is Nc1ccc(/C=C/C(=O)NCc2cc3cc(-c4ccc(C(=O)N5CCC(F)(F)CC5)s4)cc(C(F)(F)F)c3o2)cn1. The smallest absolute Gasteiger partial charge is 0.420 e. The monoisotopic (exact) mass is 590 g/mol. The topological polar surface area (TPSA) is 101 Å². The number of pyridine rings is 1. The number of hydrogen-bond donors (Lipinski definition) is 2. The lowest BCUT2D eigenvalue weighted by Gasteiger charge is -2.31. The van der Waals surface area contributed by atoms with E-state index in [0.29, 0.717) is 16.3 Å². The van der Waals surface area contributed by atoms with E-state index in [1.807, 2.05) is 0 Å². The van der Waals surface area contributed by atoms with Crippen LogP contribution < -0.4 is 11.1 Å². The molecule has 13 heteroatoms. The summed E-state index contributed by atoms with van der Waals surface area (Å²) < 4.78 is 74.4. The van der Waals surface area contributed by atoms with E-state index in [-0.39, 0.29) is 46.8 Å². The molecule has 1 fully saturated rings. The number of likely N-dealkylation sites (tertiary alicyclic amines) is 1. The summed E-state index contributed by atoms with van der Waals surface area (Å²) in [4.78, 5) is 30.9. The minimum atomic E-state index is -4.74. The van der Waals surface area contributed by atoms with Crippen molar-refractivity contribution >= 4 is 46.0 Å². The Balaban J connectivity index is 1.34. The molecule has 7 nitrogen and oxygen atoms in total. The van der Waals surface area contributed by atoms with Crippen molar-refractivity contribution in [1.29, 1.82) is 0 Å². The Morgan fingerprint density at radius 2 is 1.88 bits per heavy atom. The van der Waals surface area contributed by atoms with Crippen molar-refractivity contribution in [3.05, 3.63) is 76.5 Å². The molecule has 0 unspecified atom stereocenters. The lowest BCUT2D eigenvalue weighted by atomic mass is 10.1. The first kappa shape index (κ1) is 28.3. The number of amides is 2. The standard InChI is InChI=1S/C28H23F5N4O3S/c29-27(30)7-9-37(10-8-27)26(39)22-4-3-21(41-22)17-11-18-12-19(40-25(18)20(13-17)28(31,32)33)15-36-24(38)6-2-16-1-5-23(34)35-14-16/h1-6,11-14H,7-10,15H2,(H2,34,35)(H,36,38)/b6-2+. The molecule has 1 aliphatic heterocycles. The van der Waals surface area contributed by atoms with Gasteiger partial charge in [0.2, 0.25) is 5.91 Å². The number of nitrogen functional groups attached to an aromatic ring is 1. The molecule has 1 aliphatic rings. The van der Waals surface area contributed by atoms with E-state index in [4.69, 9.17) is 10.2 Å². The van der Waals surface area contributed by atoms with E-state index in [2.05, 4.69) is 10.3 Å². The van der Waals surface area contributed by atoms with Gasteiger partial charge in [-0.1, -0.05) is 0 Å². The fourth-order valence-electron chi connectivity index (χ4n) is 4.37. The third-order valence-electron chi connectivity index (χ3n) is 6.53. The van der Waals surface area contributed by atoms with Crippen LogP contribution in [0.5, 0.6) is 0 Å². The van der Waals surface area contributed by atoms with E-state index < -0.39 is 42.3 Å². The molecule has 1 saturated heterocycles. The number of carbonyl (C=O) groups excluding carboxylic acids is 2. The number of furan rings is 1. The number of aromatic nitrogens is 1. The fourth-order valence-corrected chi connectivity index (χ4v) is 5.33. The zero-order valence-corrected chi connectivity index (χ0v) is 22.1. The number of hydrogen-bond acceptors (Lipinski definition) is 6. The van der Waals surface area contributed by atoms with Crippen LogP contribution in [0.3, 0.4) is 0 Å². The van der Waals surface area contributed by atoms with Crippen molar-refractivity contribution in [3.63, 3.8) is 0 Å². The summed E-state index contributed by atoms with van der Waals surface area (Å²) in [6.45, 7) is -0.338. The number of nitrogens with zero attached hydrogens (tertiary/aromatic N) is 2. The molecule has 0 aliphatic carbocycles. The van der Waals surface area contributed by atoms with Gasteiger partial charge < -0.3 is 20.4 Å². The van der Waals surface area contributed by atoms with Gasteiger partial charge >= 0.3 is 6.18 Å². The van der Waals surface area contributed by atoms with Crippen LogP contribution in [-0.4, -0.2) is 40.7 Å². The first-order chi connectivity index (χ1) is 19.4. The van der Waals surface area contributed by atoms with Gasteiger partial charge in [0.05, 0.1) is 17.0 Å². The van der Waals surface area contributed by atoms with Crippen LogP contribution in [0.2, 0.25) is 0 Å². The van der Waals surface area contributed by atoms with Crippen LogP contribution >= 0.6 is 11.3 Å². The number of piperidine rings is 1. The Kier molecular flexibility index (Phi) is 7.56. The maximum Gasteiger partial charge on any atom is 0.420 e. The Bertz CT molecular complexity index is 1620. The number of thiophene rings is 1. The number of benzene rings is 1. The maximum atomic E-state index is 14.0. The average molecular weight is 591 g/mol. The molecule has 0 bridgehead atoms. The fraction of sp³-hybridized carbons (Fsp3) is 0.250. The van der Waals surface area contributed by atoms with Crippen molar-refractivity contribution in [2.75, 3.05) is 18.8 Å². The quantitative estimate of drug-likeness (QED) is 0.201. The summed E-state index contributed by atoms with van der Waals surface area (Å²) in [7, 11) is 0. The third-order valence-corrected chi connectivity index (χ3v) is 7.65. The van der Waals surface area contributed by atoms with Crippen LogP contribution in [0, 0.1) is 0 Å². The Hall–Kier alpha value is -4.26. The van der Waals surface area contributed by atoms with Gasteiger partial charge in [-0.2, -0.15) is 13.2 Å². The molecule has 3 N–H and O–H groups in total. The van der Waals surface area contributed by atoms with Crippen molar-refractivity contribution in [3.8, 4) is 10.4 Å². The van der Waals surface area contributed by atoms with E-state index in [9.17, 15) is 31.5 Å². The van der Waals surface area contributed by atoms with E-state index in [0.717, 1.165) is 17.4 Å². The lowest BCUT2D eigenvalue weighted by Crippen LogP contribution is -2.42. The molecular weight excluding hydrogens is 567 g/mol. The van der Waals surface area contributed by atoms with Gasteiger partial charge in [-0.05, 0) is 59.7 Å². The molecule has 0 saturated carbocycles. The highest BCUT2D eigenvalue weighted by atomic mass is 32.1. The summed E-state index contributed by atoms with van der Waals surface area (Å²) in [5, 5.41) is 2.73. The van der Waals surface area contributed by atoms with Gasteiger partial charge in [0.25, 0.3) is 11.8 Å². The van der Waals surface area contributed by atoms with Crippen LogP contribution in [-0.2, 0) is 17.5 Å². The van der Waals surface area contributed by atoms with Crippen LogP contribution in [0.15, 0.2) is 59.2 Å². The average Bonchev–Trinajstić information content (AvgIpc) is 3.57. The second kappa shape index (κ2) is 11.0. The number of carbonyl (C=O) groups is 2. The van der Waals surface area contributed by atoms with E-state index in [1.165, 1.54) is 47.5 Å². The van der Waals surface area contributed by atoms with Gasteiger partial charge in [0, 0.05) is 48.5 Å². The van der Waals surface area contributed by atoms with Gasteiger partial charge in [-0.25, -0.2) is 13.8 Å². The predicted molar refractivity (Wildman–Crippen MR) is 144 cm³/mol. The largest absolute Gasteiger partial charge is 0.459 e. The molecule has 0 radical (unpaired) electrons. The molecule has 4 aromatic rings. The summed E-state index contributed by atoms with van der Waals surface area (Å²) in [6.07, 6.45) is -1.35. The predicted octanol–water partition coefficient (Wildman–Crippen LogP) is 6.36. The highest BCUT2D eigenvalue weighted by Gasteiger charge is 2.37. The molecule has 2 amide bonds. The number of rotatable bonds is 6. The molecule has 3 aromatic heterocycles. The third kappa shape index (κ3) is 6.56.